The lowest BCUT2D eigenvalue weighted by Crippen LogP contribution is -2.60. The van der Waals surface area contributed by atoms with Crippen LogP contribution in [-0.2, 0) is 14.0 Å². The Balaban J connectivity index is 2.07. The molecular weight excluding hydrogens is 334 g/mol. The van der Waals surface area contributed by atoms with Gasteiger partial charge < -0.3 is 14.6 Å². The van der Waals surface area contributed by atoms with Gasteiger partial charge in [-0.05, 0) is 45.8 Å². The van der Waals surface area contributed by atoms with Crippen LogP contribution in [-0.4, -0.2) is 61.3 Å². The third kappa shape index (κ3) is 4.26. The molecule has 0 bridgehead atoms. The molecule has 0 radical (unpaired) electrons. The first-order valence-electron chi connectivity index (χ1n) is 9.20. The van der Waals surface area contributed by atoms with Gasteiger partial charge in [-0.1, -0.05) is 20.8 Å². The lowest BCUT2D eigenvalue weighted by atomic mass is 10.0. The van der Waals surface area contributed by atoms with Gasteiger partial charge in [0.1, 0.15) is 6.04 Å². The highest BCUT2D eigenvalue weighted by atomic mass is 28.4. The summed E-state index contributed by atoms with van der Waals surface area (Å²) in [4.78, 5) is 26.9. The molecule has 2 heterocycles. The molecular formula is C18H35N3O3Si. The van der Waals surface area contributed by atoms with Gasteiger partial charge in [0.15, 0.2) is 8.32 Å². The molecule has 0 aromatic rings. The molecule has 2 N–H and O–H groups in total. The van der Waals surface area contributed by atoms with Crippen molar-refractivity contribution < 1.29 is 14.0 Å². The Morgan fingerprint density at radius 3 is 2.28 bits per heavy atom. The number of hydrogen-bond donors (Lipinski definition) is 2. The van der Waals surface area contributed by atoms with Gasteiger partial charge in [-0.25, -0.2) is 0 Å². The van der Waals surface area contributed by atoms with Gasteiger partial charge in [-0.2, -0.15) is 0 Å². The minimum Gasteiger partial charge on any atom is -0.415 e. The van der Waals surface area contributed by atoms with Crippen molar-refractivity contribution in [3.8, 4) is 0 Å². The maximum absolute atomic E-state index is 12.7. The predicted octanol–water partition coefficient (Wildman–Crippen LogP) is 1.86. The van der Waals surface area contributed by atoms with E-state index in [1.165, 1.54) is 0 Å². The zero-order valence-corrected chi connectivity index (χ0v) is 18.2. The fraction of sp³-hybridized carbons (Fsp3) is 0.889. The Morgan fingerprint density at radius 2 is 1.80 bits per heavy atom. The molecule has 2 aliphatic rings. The molecule has 2 amide bonds. The topological polar surface area (TPSA) is 70.4 Å². The minimum absolute atomic E-state index is 0.00482. The number of nitrogens with one attached hydrogen (secondary N) is 2. The first-order valence-corrected chi connectivity index (χ1v) is 12.1. The summed E-state index contributed by atoms with van der Waals surface area (Å²) in [5.41, 5.74) is -0.295. The summed E-state index contributed by atoms with van der Waals surface area (Å²) in [6.07, 6.45) is 0. The number of carbonyl (C=O) groups excluding carboxylic acids is 2. The molecule has 2 rings (SSSR count). The average molecular weight is 370 g/mol. The zero-order chi connectivity index (χ0) is 19.4. The Hall–Kier alpha value is -0.923. The van der Waals surface area contributed by atoms with E-state index >= 15 is 0 Å². The number of fused-ring (bicyclic) bond motifs is 1. The third-order valence-electron chi connectivity index (χ3n) is 5.58. The van der Waals surface area contributed by atoms with Crippen LogP contribution in [0, 0.1) is 0 Å². The van der Waals surface area contributed by atoms with Crippen LogP contribution in [0.25, 0.3) is 0 Å². The van der Waals surface area contributed by atoms with Crippen molar-refractivity contribution >= 4 is 20.1 Å². The Labute approximate surface area is 153 Å². The fourth-order valence-corrected chi connectivity index (χ4v) is 4.04. The SMILES string of the molecule is C[C@@H]1N[C@@H](C(=O)NC(C)(C)C)[C@@H]2[C@@H](CO[Si](C)(C)C(C)(C)C)N2C1=O. The second-order valence-electron chi connectivity index (χ2n) is 9.98. The first kappa shape index (κ1) is 20.4. The van der Waals surface area contributed by atoms with E-state index in [2.05, 4.69) is 44.5 Å². The molecule has 25 heavy (non-hydrogen) atoms. The van der Waals surface area contributed by atoms with Gasteiger partial charge in [0.2, 0.25) is 11.8 Å². The summed E-state index contributed by atoms with van der Waals surface area (Å²) < 4.78 is 6.31. The van der Waals surface area contributed by atoms with Crippen molar-refractivity contribution in [2.45, 2.75) is 96.3 Å². The third-order valence-corrected chi connectivity index (χ3v) is 10.1. The van der Waals surface area contributed by atoms with Crippen LogP contribution in [0.5, 0.6) is 0 Å². The standard InChI is InChI=1S/C18H35N3O3Si/c1-11-16(23)21-12(10-24-25(8,9)18(5,6)7)14(21)13(19-11)15(22)20-17(2,3)4/h11-14,19H,10H2,1-9H3,(H,20,22)/t11-,12+,13+,14-,21?/m0/s1. The molecule has 2 saturated heterocycles. The van der Waals surface area contributed by atoms with Crippen LogP contribution in [0.2, 0.25) is 18.1 Å². The van der Waals surface area contributed by atoms with Gasteiger partial charge in [0.25, 0.3) is 0 Å². The summed E-state index contributed by atoms with van der Waals surface area (Å²) >= 11 is 0. The highest BCUT2D eigenvalue weighted by Gasteiger charge is 2.61. The van der Waals surface area contributed by atoms with E-state index in [4.69, 9.17) is 4.43 Å². The normalized spacial score (nSPS) is 30.1. The quantitative estimate of drug-likeness (QED) is 0.586. The van der Waals surface area contributed by atoms with Crippen molar-refractivity contribution in [2.75, 3.05) is 6.61 Å². The van der Waals surface area contributed by atoms with Crippen LogP contribution in [0.15, 0.2) is 0 Å². The molecule has 0 unspecified atom stereocenters. The van der Waals surface area contributed by atoms with Crippen LogP contribution >= 0.6 is 0 Å². The summed E-state index contributed by atoms with van der Waals surface area (Å²) in [6.45, 7) is 19.2. The monoisotopic (exact) mass is 369 g/mol. The molecule has 4 atom stereocenters. The van der Waals surface area contributed by atoms with Crippen molar-refractivity contribution in [1.82, 2.24) is 15.5 Å². The van der Waals surface area contributed by atoms with E-state index in [9.17, 15) is 9.59 Å². The van der Waals surface area contributed by atoms with Crippen molar-refractivity contribution in [3.63, 3.8) is 0 Å². The molecule has 2 fully saturated rings. The first-order chi connectivity index (χ1) is 11.2. The maximum Gasteiger partial charge on any atom is 0.240 e. The van der Waals surface area contributed by atoms with E-state index < -0.39 is 8.32 Å². The van der Waals surface area contributed by atoms with E-state index in [1.807, 2.05) is 32.6 Å². The van der Waals surface area contributed by atoms with Gasteiger partial charge in [0.05, 0.1) is 24.7 Å². The molecule has 144 valence electrons. The second kappa shape index (κ2) is 6.35. The fourth-order valence-electron chi connectivity index (χ4n) is 3.02. The number of hydrogen-bond acceptors (Lipinski definition) is 4. The molecule has 2 aliphatic heterocycles. The van der Waals surface area contributed by atoms with E-state index in [-0.39, 0.29) is 46.6 Å². The van der Waals surface area contributed by atoms with Gasteiger partial charge in [-0.3, -0.25) is 14.9 Å². The molecule has 0 aromatic heterocycles. The lowest BCUT2D eigenvalue weighted by molar-refractivity contribution is -0.133. The Morgan fingerprint density at radius 1 is 1.24 bits per heavy atom. The summed E-state index contributed by atoms with van der Waals surface area (Å²) in [6, 6.07) is -0.824. The van der Waals surface area contributed by atoms with Gasteiger partial charge >= 0.3 is 0 Å². The van der Waals surface area contributed by atoms with E-state index in [1.54, 1.807) is 0 Å². The molecule has 0 aromatic carbocycles. The van der Waals surface area contributed by atoms with Crippen molar-refractivity contribution in [2.24, 2.45) is 0 Å². The average Bonchev–Trinajstić information content (AvgIpc) is 3.12. The lowest BCUT2D eigenvalue weighted by Gasteiger charge is -2.36. The second-order valence-corrected chi connectivity index (χ2v) is 14.8. The highest BCUT2D eigenvalue weighted by Crippen LogP contribution is 2.40. The summed E-state index contributed by atoms with van der Waals surface area (Å²) in [5, 5.41) is 6.34. The number of nitrogens with zero attached hydrogens (tertiary/aromatic N) is 1. The van der Waals surface area contributed by atoms with Crippen LogP contribution in [0.4, 0.5) is 0 Å². The number of amides is 2. The molecule has 0 saturated carbocycles. The number of piperazine rings is 1. The highest BCUT2D eigenvalue weighted by molar-refractivity contribution is 6.74. The number of rotatable bonds is 4. The number of carbonyl (C=O) groups is 2. The van der Waals surface area contributed by atoms with Gasteiger partial charge in [0, 0.05) is 5.54 Å². The molecule has 0 spiro atoms. The van der Waals surface area contributed by atoms with E-state index in [0.29, 0.717) is 6.61 Å². The largest absolute Gasteiger partial charge is 0.415 e. The molecule has 7 heteroatoms. The Bertz CT molecular complexity index is 551. The maximum atomic E-state index is 12.7. The summed E-state index contributed by atoms with van der Waals surface area (Å²) in [5.74, 6) is 0.0188. The van der Waals surface area contributed by atoms with Gasteiger partial charge in [-0.15, -0.1) is 0 Å². The predicted molar refractivity (Wildman–Crippen MR) is 102 cm³/mol. The van der Waals surface area contributed by atoms with Crippen molar-refractivity contribution in [3.05, 3.63) is 0 Å². The van der Waals surface area contributed by atoms with Crippen LogP contribution in [0.3, 0.4) is 0 Å². The van der Waals surface area contributed by atoms with Crippen LogP contribution in [0.1, 0.15) is 48.5 Å². The molecule has 6 nitrogen and oxygen atoms in total. The molecule has 0 aliphatic carbocycles. The summed E-state index contributed by atoms with van der Waals surface area (Å²) in [7, 11) is -1.88. The smallest absolute Gasteiger partial charge is 0.240 e. The Kier molecular flexibility index (Phi) is 5.18. The zero-order valence-electron chi connectivity index (χ0n) is 17.2. The van der Waals surface area contributed by atoms with E-state index in [0.717, 1.165) is 0 Å². The minimum atomic E-state index is -1.88. The van der Waals surface area contributed by atoms with Crippen LogP contribution < -0.4 is 10.6 Å². The van der Waals surface area contributed by atoms with Crippen molar-refractivity contribution in [1.29, 1.82) is 0 Å².